The lowest BCUT2D eigenvalue weighted by Crippen LogP contribution is -2.41. The van der Waals surface area contributed by atoms with Gasteiger partial charge >= 0.3 is 0 Å². The Kier molecular flexibility index (Phi) is 7.36. The van der Waals surface area contributed by atoms with Gasteiger partial charge < -0.3 is 5.32 Å². The van der Waals surface area contributed by atoms with Crippen molar-refractivity contribution in [2.24, 2.45) is 0 Å². The maximum Gasteiger partial charge on any atom is 0.264 e. The summed E-state index contributed by atoms with van der Waals surface area (Å²) < 4.78 is 28.0. The highest BCUT2D eigenvalue weighted by molar-refractivity contribution is 7.92. The molecule has 0 unspecified atom stereocenters. The molecule has 3 aromatic rings. The number of sulfonamides is 1. The summed E-state index contributed by atoms with van der Waals surface area (Å²) in [5, 5.41) is 3.48. The second-order valence-electron chi connectivity index (χ2n) is 7.34. The Balaban J connectivity index is 1.78. The van der Waals surface area contributed by atoms with Crippen molar-refractivity contribution in [3.8, 4) is 0 Å². The first-order valence-electron chi connectivity index (χ1n) is 9.93. The van der Waals surface area contributed by atoms with Crippen LogP contribution in [0, 0.1) is 13.8 Å². The molecule has 0 aliphatic carbocycles. The van der Waals surface area contributed by atoms with E-state index >= 15 is 0 Å². The summed E-state index contributed by atoms with van der Waals surface area (Å²) in [5.41, 5.74) is 3.25. The molecule has 0 saturated carbocycles. The highest BCUT2D eigenvalue weighted by Gasteiger charge is 2.28. The van der Waals surface area contributed by atoms with Gasteiger partial charge in [-0.1, -0.05) is 59.6 Å². The SMILES string of the molecule is Cc1ccc(S(=O)(=O)N(CC(=O)NCCc2ccc(Cl)cc2)c2ccccc2C)cc1. The number of nitrogens with zero attached hydrogens (tertiary/aromatic N) is 1. The van der Waals surface area contributed by atoms with Crippen LogP contribution in [0.5, 0.6) is 0 Å². The average Bonchev–Trinajstić information content (AvgIpc) is 2.74. The summed E-state index contributed by atoms with van der Waals surface area (Å²) in [4.78, 5) is 12.8. The van der Waals surface area contributed by atoms with E-state index in [0.29, 0.717) is 23.7 Å². The molecule has 0 spiro atoms. The van der Waals surface area contributed by atoms with E-state index in [-0.39, 0.29) is 17.3 Å². The van der Waals surface area contributed by atoms with Crippen LogP contribution in [-0.2, 0) is 21.2 Å². The third-order valence-corrected chi connectivity index (χ3v) is 6.96. The Morgan fingerprint density at radius 1 is 0.935 bits per heavy atom. The van der Waals surface area contributed by atoms with Crippen LogP contribution < -0.4 is 9.62 Å². The zero-order chi connectivity index (χ0) is 22.4. The number of nitrogens with one attached hydrogen (secondary N) is 1. The van der Waals surface area contributed by atoms with Crippen LogP contribution in [0.2, 0.25) is 5.02 Å². The minimum atomic E-state index is -3.91. The van der Waals surface area contributed by atoms with E-state index in [4.69, 9.17) is 11.6 Å². The lowest BCUT2D eigenvalue weighted by Gasteiger charge is -2.25. The molecule has 0 atom stereocenters. The first kappa shape index (κ1) is 22.8. The molecule has 31 heavy (non-hydrogen) atoms. The minimum Gasteiger partial charge on any atom is -0.354 e. The van der Waals surface area contributed by atoms with Gasteiger partial charge in [0, 0.05) is 11.6 Å². The summed E-state index contributed by atoms with van der Waals surface area (Å²) in [6, 6.07) is 21.1. The van der Waals surface area contributed by atoms with Gasteiger partial charge in [-0.15, -0.1) is 0 Å². The van der Waals surface area contributed by atoms with E-state index < -0.39 is 10.0 Å². The van der Waals surface area contributed by atoms with Crippen LogP contribution in [0.15, 0.2) is 77.7 Å². The van der Waals surface area contributed by atoms with Crippen LogP contribution in [0.25, 0.3) is 0 Å². The molecule has 5 nitrogen and oxygen atoms in total. The predicted octanol–water partition coefficient (Wildman–Crippen LogP) is 4.51. The lowest BCUT2D eigenvalue weighted by atomic mass is 10.1. The largest absolute Gasteiger partial charge is 0.354 e. The van der Waals surface area contributed by atoms with Gasteiger partial charge in [-0.25, -0.2) is 8.42 Å². The maximum absolute atomic E-state index is 13.4. The van der Waals surface area contributed by atoms with Crippen LogP contribution in [0.4, 0.5) is 5.69 Å². The van der Waals surface area contributed by atoms with Gasteiger partial charge in [-0.2, -0.15) is 0 Å². The van der Waals surface area contributed by atoms with E-state index in [1.807, 2.05) is 38.1 Å². The Hall–Kier alpha value is -2.83. The maximum atomic E-state index is 13.4. The summed E-state index contributed by atoms with van der Waals surface area (Å²) >= 11 is 5.89. The van der Waals surface area contributed by atoms with E-state index in [9.17, 15) is 13.2 Å². The quantitative estimate of drug-likeness (QED) is 0.542. The molecule has 7 heteroatoms. The highest BCUT2D eigenvalue weighted by atomic mass is 35.5. The molecule has 1 N–H and O–H groups in total. The van der Waals surface area contributed by atoms with Crippen LogP contribution in [0.1, 0.15) is 16.7 Å². The Bertz CT molecular complexity index is 1140. The van der Waals surface area contributed by atoms with Crippen molar-refractivity contribution in [1.29, 1.82) is 0 Å². The number of halogens is 1. The van der Waals surface area contributed by atoms with Crippen molar-refractivity contribution in [3.05, 3.63) is 94.5 Å². The van der Waals surface area contributed by atoms with Crippen LogP contribution in [-0.4, -0.2) is 27.4 Å². The Morgan fingerprint density at radius 3 is 2.23 bits per heavy atom. The zero-order valence-corrected chi connectivity index (χ0v) is 19.1. The molecular weight excluding hydrogens is 432 g/mol. The van der Waals surface area contributed by atoms with Crippen LogP contribution in [0.3, 0.4) is 0 Å². The Morgan fingerprint density at radius 2 is 1.58 bits per heavy atom. The standard InChI is InChI=1S/C24H25ClN2O3S/c1-18-7-13-22(14-8-18)31(29,30)27(23-6-4-3-5-19(23)2)17-24(28)26-16-15-20-9-11-21(25)12-10-20/h3-14H,15-17H2,1-2H3,(H,26,28). The van der Waals surface area contributed by atoms with E-state index in [0.717, 1.165) is 16.7 Å². The molecule has 0 fully saturated rings. The van der Waals surface area contributed by atoms with Gasteiger partial charge in [0.25, 0.3) is 10.0 Å². The zero-order valence-electron chi connectivity index (χ0n) is 17.5. The monoisotopic (exact) mass is 456 g/mol. The first-order chi connectivity index (χ1) is 14.8. The summed E-state index contributed by atoms with van der Waals surface area (Å²) in [6.45, 7) is 3.81. The topological polar surface area (TPSA) is 66.5 Å². The normalized spacial score (nSPS) is 11.2. The molecule has 3 rings (SSSR count). The van der Waals surface area contributed by atoms with Crippen molar-refractivity contribution in [2.45, 2.75) is 25.2 Å². The number of hydrogen-bond donors (Lipinski definition) is 1. The molecule has 0 bridgehead atoms. The van der Waals surface area contributed by atoms with Crippen molar-refractivity contribution >= 4 is 33.2 Å². The molecular formula is C24H25ClN2O3S. The lowest BCUT2D eigenvalue weighted by molar-refractivity contribution is -0.119. The minimum absolute atomic E-state index is 0.148. The smallest absolute Gasteiger partial charge is 0.264 e. The molecule has 0 saturated heterocycles. The first-order valence-corrected chi connectivity index (χ1v) is 11.8. The fourth-order valence-electron chi connectivity index (χ4n) is 3.16. The van der Waals surface area contributed by atoms with Crippen molar-refractivity contribution in [2.75, 3.05) is 17.4 Å². The Labute approximate surface area is 188 Å². The van der Waals surface area contributed by atoms with E-state index in [2.05, 4.69) is 5.32 Å². The van der Waals surface area contributed by atoms with Crippen molar-refractivity contribution in [1.82, 2.24) is 5.32 Å². The van der Waals surface area contributed by atoms with Crippen LogP contribution >= 0.6 is 11.6 Å². The van der Waals surface area contributed by atoms with E-state index in [1.165, 1.54) is 4.31 Å². The molecule has 3 aromatic carbocycles. The van der Waals surface area contributed by atoms with E-state index in [1.54, 1.807) is 48.5 Å². The number of para-hydroxylation sites is 1. The van der Waals surface area contributed by atoms with Gasteiger partial charge in [-0.05, 0) is 61.7 Å². The van der Waals surface area contributed by atoms with Gasteiger partial charge in [0.2, 0.25) is 5.91 Å². The number of benzene rings is 3. The van der Waals surface area contributed by atoms with Crippen molar-refractivity contribution < 1.29 is 13.2 Å². The molecule has 0 aromatic heterocycles. The second kappa shape index (κ2) is 9.98. The van der Waals surface area contributed by atoms with Crippen molar-refractivity contribution in [3.63, 3.8) is 0 Å². The average molecular weight is 457 g/mol. The summed E-state index contributed by atoms with van der Waals surface area (Å²) in [7, 11) is -3.91. The van der Waals surface area contributed by atoms with Gasteiger partial charge in [0.05, 0.1) is 10.6 Å². The third kappa shape index (κ3) is 5.87. The number of hydrogen-bond acceptors (Lipinski definition) is 3. The molecule has 162 valence electrons. The van der Waals surface area contributed by atoms with Gasteiger partial charge in [0.1, 0.15) is 6.54 Å². The van der Waals surface area contributed by atoms with Gasteiger partial charge in [0.15, 0.2) is 0 Å². The molecule has 0 aliphatic rings. The number of rotatable bonds is 8. The number of aryl methyl sites for hydroxylation is 2. The van der Waals surface area contributed by atoms with Gasteiger partial charge in [-0.3, -0.25) is 9.10 Å². The third-order valence-electron chi connectivity index (χ3n) is 4.93. The summed E-state index contributed by atoms with van der Waals surface area (Å²) in [6.07, 6.45) is 0.623. The predicted molar refractivity (Wildman–Crippen MR) is 125 cm³/mol. The highest BCUT2D eigenvalue weighted by Crippen LogP contribution is 2.26. The molecule has 1 amide bonds. The number of amides is 1. The fourth-order valence-corrected chi connectivity index (χ4v) is 4.78. The summed E-state index contributed by atoms with van der Waals surface area (Å²) in [5.74, 6) is -0.368. The molecule has 0 heterocycles. The second-order valence-corrected chi connectivity index (χ2v) is 9.64. The molecule has 0 aliphatic heterocycles. The number of anilines is 1. The molecule has 0 radical (unpaired) electrons. The fraction of sp³-hybridized carbons (Fsp3) is 0.208. The number of carbonyl (C=O) groups excluding carboxylic acids is 1. The number of carbonyl (C=O) groups is 1.